The number of aliphatic hydroxyl groups is 2. The molecule has 2 fully saturated rings. The molecule has 18 nitrogen and oxygen atoms in total. The molecule has 1 unspecified atom stereocenters. The molecule has 0 radical (unpaired) electrons. The number of rotatable bonds is 13. The molecule has 70 heavy (non-hydrogen) atoms. The average molecular weight is 976 g/mol. The lowest BCUT2D eigenvalue weighted by Crippen LogP contribution is -2.71. The van der Waals surface area contributed by atoms with E-state index in [1.165, 1.54) is 52.0 Å². The van der Waals surface area contributed by atoms with Crippen molar-refractivity contribution in [2.24, 2.45) is 22.7 Å². The zero-order chi connectivity index (χ0) is 52.1. The van der Waals surface area contributed by atoms with Crippen LogP contribution in [-0.4, -0.2) is 125 Å². The van der Waals surface area contributed by atoms with Crippen molar-refractivity contribution in [2.75, 3.05) is 20.8 Å². The molecule has 2 bridgehead atoms. The Morgan fingerprint density at radius 1 is 0.929 bits per heavy atom. The Kier molecular flexibility index (Phi) is 14.9. The highest BCUT2D eigenvalue weighted by Crippen LogP contribution is 2.62. The van der Waals surface area contributed by atoms with E-state index in [1.54, 1.807) is 64.1 Å². The van der Waals surface area contributed by atoms with Gasteiger partial charge in [-0.2, -0.15) is 0 Å². The molecule has 1 aliphatic heterocycles. The molecule has 4 aliphatic rings. The molecule has 2 aromatic carbocycles. The first kappa shape index (κ1) is 53.2. The van der Waals surface area contributed by atoms with E-state index in [2.05, 4.69) is 0 Å². The number of allylic oxidation sites excluding steroid dienone is 1. The lowest BCUT2D eigenvalue weighted by Gasteiger charge is -2.59. The van der Waals surface area contributed by atoms with Gasteiger partial charge >= 0.3 is 30.0 Å². The Bertz CT molecular complexity index is 2470. The number of hydrogen-bond donors (Lipinski definition) is 2. The van der Waals surface area contributed by atoms with Gasteiger partial charge in [0.1, 0.15) is 53.4 Å². The first-order chi connectivity index (χ1) is 32.6. The fraction of sp³-hybridized carbons (Fsp3) is 0.558. The second-order valence-electron chi connectivity index (χ2n) is 20.6. The Morgan fingerprint density at radius 2 is 1.59 bits per heavy atom. The lowest BCUT2D eigenvalue weighted by molar-refractivity contribution is -0.228. The highest BCUT2D eigenvalue weighted by atomic mass is 16.6. The summed E-state index contributed by atoms with van der Waals surface area (Å²) in [5, 5.41) is 26.6. The summed E-state index contributed by atoms with van der Waals surface area (Å²) in [6.07, 6.45) is -7.93. The summed E-state index contributed by atoms with van der Waals surface area (Å²) in [5.41, 5.74) is -9.83. The van der Waals surface area contributed by atoms with Gasteiger partial charge in [-0.05, 0) is 82.4 Å². The topological polar surface area (TPSA) is 237 Å². The number of carbonyl (C=O) groups excluding carboxylic acids is 7. The average Bonchev–Trinajstić information content (AvgIpc) is 3.76. The third kappa shape index (κ3) is 9.56. The Labute approximate surface area is 407 Å². The van der Waals surface area contributed by atoms with Crippen molar-refractivity contribution in [3.05, 3.63) is 82.5 Å². The van der Waals surface area contributed by atoms with Crippen molar-refractivity contribution >= 4 is 42.0 Å². The van der Waals surface area contributed by atoms with E-state index in [1.807, 2.05) is 13.8 Å². The molecule has 10 atom stereocenters. The molecule has 1 saturated carbocycles. The van der Waals surface area contributed by atoms with Gasteiger partial charge in [-0.3, -0.25) is 24.1 Å². The van der Waals surface area contributed by atoms with Crippen LogP contribution in [0.2, 0.25) is 0 Å². The molecule has 1 saturated heterocycles. The predicted octanol–water partition coefficient (Wildman–Crippen LogP) is 5.94. The van der Waals surface area contributed by atoms with Crippen LogP contribution in [0.1, 0.15) is 111 Å². The molecule has 1 heterocycles. The Morgan fingerprint density at radius 3 is 2.14 bits per heavy atom. The number of benzene rings is 2. The fourth-order valence-electron chi connectivity index (χ4n) is 10.7. The number of Topliss-reactive ketones (excluding diaryl/α,β-unsaturated/α-hetero) is 1. The zero-order valence-electron chi connectivity index (χ0n) is 42.0. The van der Waals surface area contributed by atoms with Crippen LogP contribution in [0.3, 0.4) is 0 Å². The second kappa shape index (κ2) is 19.6. The summed E-state index contributed by atoms with van der Waals surface area (Å²) in [5.74, 6) is -5.95. The number of ether oxygens (including phenoxy) is 8. The van der Waals surface area contributed by atoms with E-state index < -0.39 is 125 Å². The molecule has 1 amide bonds. The molecular formula is C52H65NO17. The molecule has 3 aliphatic carbocycles. The van der Waals surface area contributed by atoms with Crippen molar-refractivity contribution in [1.29, 1.82) is 0 Å². The van der Waals surface area contributed by atoms with E-state index in [4.69, 9.17) is 37.9 Å². The highest BCUT2D eigenvalue weighted by molar-refractivity contribution is 5.98. The first-order valence-electron chi connectivity index (χ1n) is 23.1. The number of nitrogens with zero attached hydrogens (tertiary/aromatic N) is 1. The number of methoxy groups -OCH3 is 2. The molecule has 380 valence electrons. The van der Waals surface area contributed by atoms with Crippen molar-refractivity contribution < 1.29 is 81.7 Å². The van der Waals surface area contributed by atoms with Gasteiger partial charge in [0.05, 0.1) is 37.2 Å². The van der Waals surface area contributed by atoms with Gasteiger partial charge in [0, 0.05) is 42.9 Å². The molecule has 2 aromatic rings. The second-order valence-corrected chi connectivity index (χ2v) is 20.6. The third-order valence-corrected chi connectivity index (χ3v) is 14.0. The molecular weight excluding hydrogens is 911 g/mol. The maximum Gasteiger partial charge on any atom is 0.413 e. The standard InChI is InChI=1S/C52H65NO17/c1-27(2)21-35-39(68-44(53(35)47(60)70-48(6,7)8)34-20-19-33(63-12)22-36(34)64-13)46(59)67-37-24-52(62)43(69-45(58)31-17-15-14-16-18-31)41-50(11,23-32(25-54)51(41,61)26-65-29(4)55)42(57)40(66-30(5)56)38(28(37)3)49(52,9)10/h14-20,22-23,25,27,35,37,39-41,43-44,61-62H,21,24,26H2,1-13H3/t35-,37+,39-,40-,41+,43+,44?,50-,51-,52-/m1/s1. The number of amides is 1. The zero-order valence-corrected chi connectivity index (χ0v) is 42.0. The number of ketones is 1. The van der Waals surface area contributed by atoms with Crippen LogP contribution in [0.15, 0.2) is 71.3 Å². The summed E-state index contributed by atoms with van der Waals surface area (Å²) in [4.78, 5) is 99.1. The highest BCUT2D eigenvalue weighted by Gasteiger charge is 2.73. The monoisotopic (exact) mass is 975 g/mol. The van der Waals surface area contributed by atoms with Crippen LogP contribution < -0.4 is 9.47 Å². The number of fused-ring (bicyclic) bond motifs is 3. The minimum atomic E-state index is -2.61. The van der Waals surface area contributed by atoms with Crippen molar-refractivity contribution in [2.45, 2.75) is 142 Å². The van der Waals surface area contributed by atoms with E-state index in [-0.39, 0.29) is 41.1 Å². The summed E-state index contributed by atoms with van der Waals surface area (Å²) in [6, 6.07) is 11.5. The minimum Gasteiger partial charge on any atom is -0.497 e. The molecule has 6 rings (SSSR count). The van der Waals surface area contributed by atoms with Gasteiger partial charge < -0.3 is 48.1 Å². The van der Waals surface area contributed by atoms with Gasteiger partial charge in [0.25, 0.3) is 0 Å². The van der Waals surface area contributed by atoms with Gasteiger partial charge in [-0.25, -0.2) is 14.4 Å². The summed E-state index contributed by atoms with van der Waals surface area (Å²) in [7, 11) is 2.90. The van der Waals surface area contributed by atoms with E-state index in [9.17, 15) is 34.2 Å². The number of aldehydes is 1. The molecule has 0 aromatic heterocycles. The molecule has 0 spiro atoms. The SMILES string of the molecule is COc1ccc(C2O[C@@H](C(=O)O[C@H]3C[C@@]4(O)[C@@H](OC(=O)c5ccccc5)[C@H]5[C@@](C)(C=C(C=O)[C@]5(O)COC(C)=O)C(=O)[C@H](OC(C)=O)C(=C3C)C4(C)C)[C@@H](CC(C)C)N2C(=O)OC(C)(C)C)c(OC)c1. The quantitative estimate of drug-likeness (QED) is 0.102. The predicted molar refractivity (Wildman–Crippen MR) is 248 cm³/mol. The number of carbonyl (C=O) groups is 7. The maximum absolute atomic E-state index is 15.5. The van der Waals surface area contributed by atoms with Gasteiger partial charge in [-0.15, -0.1) is 0 Å². The smallest absolute Gasteiger partial charge is 0.413 e. The largest absolute Gasteiger partial charge is 0.497 e. The van der Waals surface area contributed by atoms with Gasteiger partial charge in [0.15, 0.2) is 24.2 Å². The van der Waals surface area contributed by atoms with Crippen molar-refractivity contribution in [3.8, 4) is 11.5 Å². The van der Waals surface area contributed by atoms with E-state index in [0.29, 0.717) is 11.3 Å². The van der Waals surface area contributed by atoms with Crippen LogP contribution >= 0.6 is 0 Å². The molecule has 2 N–H and O–H groups in total. The Hall–Kier alpha value is -6.11. The van der Waals surface area contributed by atoms with Crippen molar-refractivity contribution in [3.63, 3.8) is 0 Å². The molecule has 18 heteroatoms. The maximum atomic E-state index is 15.5. The van der Waals surface area contributed by atoms with Crippen LogP contribution in [0.5, 0.6) is 11.5 Å². The van der Waals surface area contributed by atoms with Crippen LogP contribution in [-0.2, 0) is 52.4 Å². The van der Waals surface area contributed by atoms with Gasteiger partial charge in [-0.1, -0.05) is 52.0 Å². The van der Waals surface area contributed by atoms with Gasteiger partial charge in [0.2, 0.25) is 0 Å². The van der Waals surface area contributed by atoms with Crippen LogP contribution in [0.4, 0.5) is 4.79 Å². The van der Waals surface area contributed by atoms with Crippen molar-refractivity contribution in [1.82, 2.24) is 4.90 Å². The summed E-state index contributed by atoms with van der Waals surface area (Å²) in [6.45, 7) is 16.0. The third-order valence-electron chi connectivity index (χ3n) is 14.0. The van der Waals surface area contributed by atoms with E-state index in [0.717, 1.165) is 19.9 Å². The normalized spacial score (nSPS) is 30.3. The van der Waals surface area contributed by atoms with Crippen LogP contribution in [0, 0.1) is 22.7 Å². The number of hydrogen-bond acceptors (Lipinski definition) is 17. The minimum absolute atomic E-state index is 0.0137. The van der Waals surface area contributed by atoms with E-state index >= 15 is 9.59 Å². The van der Waals surface area contributed by atoms with Crippen LogP contribution in [0.25, 0.3) is 0 Å². The summed E-state index contributed by atoms with van der Waals surface area (Å²) >= 11 is 0. The Balaban J connectivity index is 1.56. The summed E-state index contributed by atoms with van der Waals surface area (Å²) < 4.78 is 47.6. The number of esters is 4. The first-order valence-corrected chi connectivity index (χ1v) is 23.1. The fourth-order valence-corrected chi connectivity index (χ4v) is 10.7. The lowest BCUT2D eigenvalue weighted by atomic mass is 9.50.